The van der Waals surface area contributed by atoms with Crippen LogP contribution >= 0.6 is 7.82 Å². The Bertz CT molecular complexity index is 1940. The van der Waals surface area contributed by atoms with Crippen LogP contribution in [0.1, 0.15) is 232 Å². The van der Waals surface area contributed by atoms with Gasteiger partial charge in [-0.3, -0.25) is 33.1 Å². The number of hydrogen-bond donors (Lipinski definition) is 3. The normalized spacial score (nSPS) is 12.2. The third-order valence-electron chi connectivity index (χ3n) is 11.7. The summed E-state index contributed by atoms with van der Waals surface area (Å²) in [5, 5.41) is 17.8. The van der Waals surface area contributed by atoms with Crippen LogP contribution < -0.4 is 0 Å². The monoisotopic (exact) mass is 1110 g/mol. The summed E-state index contributed by atoms with van der Waals surface area (Å²) >= 11 is 0. The number of carbonyl (C=O) groups excluding carboxylic acids is 2. The second-order valence-corrected chi connectivity index (χ2v) is 21.6. The smallest absolute Gasteiger partial charge is 0.472 e. The van der Waals surface area contributed by atoms with E-state index in [9.17, 15) is 37.1 Å². The molecule has 0 aromatic heterocycles. The largest absolute Gasteiger partial charge is 0.480 e. The Morgan fingerprint density at radius 2 is 0.855 bits per heavy atom. The van der Waals surface area contributed by atoms with Crippen LogP contribution in [-0.2, 0) is 61.0 Å². The van der Waals surface area contributed by atoms with Gasteiger partial charge in [-0.1, -0.05) is 179 Å². The molecular weight excluding hydrogens is 1020 g/mol. The number of hydrogen-bond acceptors (Lipinski definition) is 14. The molecule has 0 aliphatic rings. The van der Waals surface area contributed by atoms with Crippen LogP contribution in [0.3, 0.4) is 0 Å². The molecule has 0 aromatic rings. The van der Waals surface area contributed by atoms with E-state index in [0.29, 0.717) is 12.8 Å². The van der Waals surface area contributed by atoms with Crippen molar-refractivity contribution in [1.82, 2.24) is 4.90 Å². The summed E-state index contributed by atoms with van der Waals surface area (Å²) in [6, 6.07) is 0. The van der Waals surface area contributed by atoms with Gasteiger partial charge in [-0.2, -0.15) is 8.42 Å². The van der Waals surface area contributed by atoms with Gasteiger partial charge in [0.1, 0.15) is 6.61 Å². The first-order chi connectivity index (χ1) is 36.7. The summed E-state index contributed by atoms with van der Waals surface area (Å²) in [6.07, 6.45) is 33.3. The first kappa shape index (κ1) is 72.1. The molecular formula is C57H94NO16PS. The van der Waals surface area contributed by atoms with Gasteiger partial charge < -0.3 is 24.6 Å². The predicted octanol–water partition coefficient (Wildman–Crippen LogP) is 11.6. The van der Waals surface area contributed by atoms with Crippen molar-refractivity contribution >= 4 is 42.1 Å². The summed E-state index contributed by atoms with van der Waals surface area (Å²) in [4.78, 5) is 58.5. The number of carbonyl (C=O) groups is 4. The van der Waals surface area contributed by atoms with Gasteiger partial charge >= 0.3 is 42.1 Å². The van der Waals surface area contributed by atoms with Gasteiger partial charge in [0.2, 0.25) is 0 Å². The van der Waals surface area contributed by atoms with Gasteiger partial charge in [-0.05, 0) is 62.2 Å². The molecule has 19 heteroatoms. The zero-order chi connectivity index (χ0) is 56.1. The molecule has 0 aliphatic heterocycles. The highest BCUT2D eigenvalue weighted by Gasteiger charge is 2.27. The van der Waals surface area contributed by atoms with Crippen LogP contribution in [-0.4, -0.2) is 111 Å². The molecule has 76 heavy (non-hydrogen) atoms. The molecule has 0 heterocycles. The molecule has 0 spiro atoms. The standard InChI is InChI=1S/C57H94NO16PS/c1-3-5-7-9-11-13-15-17-19-21-23-25-27-29-31-33-35-37-39-41-43-56(63)69-51-53(52-71-75(65,66)70-47-48-73-76(67,68)72-46-45-58(49-54(59)60)50-55(61)62)74-57(64)44-42-40-38-36-34-32-30-28-26-24-22-20-18-16-14-12-10-8-6-4-2/h53H,3-20,29-52H2,1-2H3,(H,59,60)(H,61,62)(H,65,66). The van der Waals surface area contributed by atoms with E-state index in [2.05, 4.69) is 69.6 Å². The minimum Gasteiger partial charge on any atom is -0.480 e. The summed E-state index contributed by atoms with van der Waals surface area (Å²) in [7, 11) is -9.58. The lowest BCUT2D eigenvalue weighted by Gasteiger charge is -2.20. The maximum Gasteiger partial charge on any atom is 0.472 e. The molecule has 0 saturated carbocycles. The van der Waals surface area contributed by atoms with Crippen molar-refractivity contribution in [3.8, 4) is 47.4 Å². The van der Waals surface area contributed by atoms with Crippen molar-refractivity contribution in [2.75, 3.05) is 52.7 Å². The molecule has 0 radical (unpaired) electrons. The Labute approximate surface area is 457 Å². The minimum atomic E-state index is -4.88. The number of phosphoric acid groups is 1. The maximum atomic E-state index is 12.8. The number of carboxylic acids is 2. The van der Waals surface area contributed by atoms with E-state index >= 15 is 0 Å². The van der Waals surface area contributed by atoms with Crippen molar-refractivity contribution < 1.29 is 74.2 Å². The van der Waals surface area contributed by atoms with E-state index in [1.807, 2.05) is 0 Å². The zero-order valence-electron chi connectivity index (χ0n) is 46.2. The quantitative estimate of drug-likeness (QED) is 0.0222. The van der Waals surface area contributed by atoms with Gasteiger partial charge in [-0.15, -0.1) is 0 Å². The Hall–Kier alpha value is -3.94. The molecule has 0 amide bonds. The summed E-state index contributed by atoms with van der Waals surface area (Å²) < 4.78 is 66.7. The number of rotatable bonds is 51. The molecule has 2 atom stereocenters. The van der Waals surface area contributed by atoms with Gasteiger partial charge in [-0.25, -0.2) is 12.9 Å². The first-order valence-electron chi connectivity index (χ1n) is 28.3. The summed E-state index contributed by atoms with van der Waals surface area (Å²) in [5.41, 5.74) is 0. The summed E-state index contributed by atoms with van der Waals surface area (Å²) in [6.45, 7) is -0.626. The number of esters is 2. The molecule has 0 aliphatic carbocycles. The van der Waals surface area contributed by atoms with Crippen molar-refractivity contribution in [3.63, 3.8) is 0 Å². The molecule has 434 valence electrons. The highest BCUT2D eigenvalue weighted by molar-refractivity contribution is 7.81. The zero-order valence-corrected chi connectivity index (χ0v) is 47.9. The third-order valence-corrected chi connectivity index (χ3v) is 13.6. The van der Waals surface area contributed by atoms with Crippen molar-refractivity contribution in [2.45, 2.75) is 238 Å². The number of unbranched alkanes of at least 4 members (excludes halogenated alkanes) is 28. The van der Waals surface area contributed by atoms with Crippen LogP contribution in [0.2, 0.25) is 0 Å². The van der Waals surface area contributed by atoms with Crippen LogP contribution in [0.4, 0.5) is 0 Å². The average Bonchev–Trinajstić information content (AvgIpc) is 3.36. The maximum absolute atomic E-state index is 12.8. The molecule has 0 fully saturated rings. The Kier molecular flexibility index (Phi) is 49.1. The lowest BCUT2D eigenvalue weighted by molar-refractivity contribution is -0.161. The number of aliphatic carboxylic acids is 2. The van der Waals surface area contributed by atoms with E-state index in [0.717, 1.165) is 108 Å². The Balaban J connectivity index is 4.78. The van der Waals surface area contributed by atoms with E-state index in [1.165, 1.54) is 89.9 Å². The van der Waals surface area contributed by atoms with E-state index in [4.69, 9.17) is 28.7 Å². The fourth-order valence-electron chi connectivity index (χ4n) is 7.52. The Morgan fingerprint density at radius 1 is 0.487 bits per heavy atom. The first-order valence-corrected chi connectivity index (χ1v) is 31.1. The van der Waals surface area contributed by atoms with Crippen LogP contribution in [0.5, 0.6) is 0 Å². The number of nitrogens with zero attached hydrogens (tertiary/aromatic N) is 1. The lowest BCUT2D eigenvalue weighted by Crippen LogP contribution is -2.37. The molecule has 17 nitrogen and oxygen atoms in total. The molecule has 3 N–H and O–H groups in total. The van der Waals surface area contributed by atoms with Crippen molar-refractivity contribution in [3.05, 3.63) is 0 Å². The second-order valence-electron chi connectivity index (χ2n) is 18.8. The van der Waals surface area contributed by atoms with Gasteiger partial charge in [0.15, 0.2) is 6.10 Å². The molecule has 0 rings (SSSR count). The minimum absolute atomic E-state index is 0.0614. The summed E-state index contributed by atoms with van der Waals surface area (Å²) in [5.74, 6) is 20.6. The fourth-order valence-corrected chi connectivity index (χ4v) is 8.88. The fraction of sp³-hybridized carbons (Fsp3) is 0.789. The topological polar surface area (TPSA) is 239 Å². The van der Waals surface area contributed by atoms with Crippen molar-refractivity contribution in [2.24, 2.45) is 0 Å². The number of carboxylic acid groups (broad SMARTS) is 2. The SMILES string of the molecule is CCCCCCCCCCC#CC#CCCCCCCCCC(=O)OCC(COP(=O)(O)OCCOS(=O)(=O)OCCN(CC(=O)O)CC(=O)O)OC(=O)CCCCCCCCC#CC#CCCCCCCCCCC. The number of ether oxygens (including phenoxy) is 2. The average molecular weight is 1110 g/mol. The van der Waals surface area contributed by atoms with Crippen molar-refractivity contribution in [1.29, 1.82) is 0 Å². The molecule has 0 aromatic carbocycles. The van der Waals surface area contributed by atoms with E-state index in [-0.39, 0.29) is 19.4 Å². The number of phosphoric ester groups is 1. The van der Waals surface area contributed by atoms with Gasteiger partial charge in [0.05, 0.1) is 39.5 Å². The third kappa shape index (κ3) is 53.5. The molecule has 0 bridgehead atoms. The van der Waals surface area contributed by atoms with Gasteiger partial charge in [0, 0.05) is 45.1 Å². The van der Waals surface area contributed by atoms with Crippen LogP contribution in [0.15, 0.2) is 0 Å². The highest BCUT2D eigenvalue weighted by atomic mass is 32.3. The predicted molar refractivity (Wildman–Crippen MR) is 295 cm³/mol. The Morgan fingerprint density at radius 3 is 1.26 bits per heavy atom. The highest BCUT2D eigenvalue weighted by Crippen LogP contribution is 2.43. The molecule has 2 unspecified atom stereocenters. The second kappa shape index (κ2) is 51.8. The van der Waals surface area contributed by atoms with Crippen LogP contribution in [0.25, 0.3) is 0 Å². The van der Waals surface area contributed by atoms with E-state index in [1.54, 1.807) is 0 Å². The van der Waals surface area contributed by atoms with E-state index < -0.39 is 94.3 Å². The van der Waals surface area contributed by atoms with Gasteiger partial charge in [0.25, 0.3) is 0 Å². The lowest BCUT2D eigenvalue weighted by atomic mass is 10.1. The van der Waals surface area contributed by atoms with Crippen LogP contribution in [0, 0.1) is 47.4 Å². The molecule has 0 saturated heterocycles.